The first kappa shape index (κ1) is 9.10. The van der Waals surface area contributed by atoms with Crippen molar-refractivity contribution in [2.24, 2.45) is 11.8 Å². The molecule has 0 spiro atoms. The molecule has 2 aliphatic rings. The van der Waals surface area contributed by atoms with Crippen LogP contribution in [0.5, 0.6) is 0 Å². The molecular formula is C10H13ClN2S. The molecule has 0 amide bonds. The highest BCUT2D eigenvalue weighted by Crippen LogP contribution is 2.63. The molecule has 2 atom stereocenters. The van der Waals surface area contributed by atoms with E-state index in [9.17, 15) is 0 Å². The summed E-state index contributed by atoms with van der Waals surface area (Å²) in [6, 6.07) is 0. The lowest BCUT2D eigenvalue weighted by Gasteiger charge is -1.95. The van der Waals surface area contributed by atoms with E-state index in [2.05, 4.69) is 10.2 Å². The molecule has 2 saturated carbocycles. The van der Waals surface area contributed by atoms with Crippen molar-refractivity contribution in [3.8, 4) is 0 Å². The van der Waals surface area contributed by atoms with Crippen LogP contribution < -0.4 is 0 Å². The summed E-state index contributed by atoms with van der Waals surface area (Å²) in [5, 5.41) is 10.9. The maximum Gasteiger partial charge on any atom is 0.121 e. The van der Waals surface area contributed by atoms with E-state index < -0.39 is 0 Å². The fraction of sp³-hybridized carbons (Fsp3) is 0.800. The zero-order chi connectivity index (χ0) is 9.54. The van der Waals surface area contributed by atoms with E-state index >= 15 is 0 Å². The zero-order valence-electron chi connectivity index (χ0n) is 7.95. The number of fused-ring (bicyclic) bond motifs is 1. The Labute approximate surface area is 92.7 Å². The molecule has 0 saturated heterocycles. The summed E-state index contributed by atoms with van der Waals surface area (Å²) in [6.45, 7) is 0. The Morgan fingerprint density at radius 2 is 2.07 bits per heavy atom. The highest BCUT2D eigenvalue weighted by Gasteiger charge is 2.54. The molecule has 0 radical (unpaired) electrons. The van der Waals surface area contributed by atoms with Crippen LogP contribution in [0.25, 0.3) is 0 Å². The first-order valence-electron chi connectivity index (χ1n) is 5.28. The first-order valence-corrected chi connectivity index (χ1v) is 6.63. The monoisotopic (exact) mass is 228 g/mol. The summed E-state index contributed by atoms with van der Waals surface area (Å²) in [7, 11) is 0. The van der Waals surface area contributed by atoms with Gasteiger partial charge in [-0.15, -0.1) is 33.1 Å². The van der Waals surface area contributed by atoms with E-state index in [0.29, 0.717) is 5.88 Å². The van der Waals surface area contributed by atoms with Gasteiger partial charge in [-0.25, -0.2) is 0 Å². The molecule has 1 aromatic rings. The summed E-state index contributed by atoms with van der Waals surface area (Å²) in [4.78, 5) is 0. The molecule has 2 aliphatic carbocycles. The Bertz CT molecular complexity index is 329. The molecule has 76 valence electrons. The Hall–Kier alpha value is -0.150. The minimum absolute atomic E-state index is 0.659. The normalized spacial score (nSPS) is 34.5. The number of hydrogen-bond acceptors (Lipinski definition) is 3. The number of hydrogen-bond donors (Lipinski definition) is 0. The summed E-state index contributed by atoms with van der Waals surface area (Å²) >= 11 is 7.45. The van der Waals surface area contributed by atoms with Gasteiger partial charge in [0.1, 0.15) is 10.0 Å². The molecule has 3 rings (SSSR count). The van der Waals surface area contributed by atoms with Gasteiger partial charge in [-0.3, -0.25) is 0 Å². The minimum atomic E-state index is 0.659. The largest absolute Gasteiger partial charge is 0.144 e. The fourth-order valence-electron chi connectivity index (χ4n) is 2.77. The average molecular weight is 229 g/mol. The third-order valence-corrected chi connectivity index (χ3v) is 4.76. The van der Waals surface area contributed by atoms with Crippen LogP contribution in [0.1, 0.15) is 35.2 Å². The molecule has 4 heteroatoms. The Kier molecular flexibility index (Phi) is 2.25. The van der Waals surface area contributed by atoms with Crippen LogP contribution in [0.2, 0.25) is 0 Å². The standard InChI is InChI=1S/C10H13ClN2S/c11-5-4-8-12-13-10(14-8)9-6-2-1-3-7(6)9/h6-7,9H,1-5H2. The molecule has 0 aliphatic heterocycles. The van der Waals surface area contributed by atoms with Crippen molar-refractivity contribution in [2.45, 2.75) is 31.6 Å². The van der Waals surface area contributed by atoms with E-state index in [0.717, 1.165) is 29.2 Å². The number of halogens is 1. The van der Waals surface area contributed by atoms with E-state index in [1.165, 1.54) is 24.3 Å². The SMILES string of the molecule is ClCCc1nnc(C2C3CCCC32)s1. The van der Waals surface area contributed by atoms with E-state index in [-0.39, 0.29) is 0 Å². The van der Waals surface area contributed by atoms with E-state index in [1.54, 1.807) is 11.3 Å². The van der Waals surface area contributed by atoms with Crippen molar-refractivity contribution in [2.75, 3.05) is 5.88 Å². The van der Waals surface area contributed by atoms with Crippen molar-refractivity contribution in [3.05, 3.63) is 10.0 Å². The van der Waals surface area contributed by atoms with Gasteiger partial charge in [0.15, 0.2) is 0 Å². The minimum Gasteiger partial charge on any atom is -0.144 e. The van der Waals surface area contributed by atoms with Gasteiger partial charge < -0.3 is 0 Å². The molecule has 1 heterocycles. The third-order valence-electron chi connectivity index (χ3n) is 3.48. The van der Waals surface area contributed by atoms with Crippen molar-refractivity contribution in [1.29, 1.82) is 0 Å². The van der Waals surface area contributed by atoms with Crippen molar-refractivity contribution < 1.29 is 0 Å². The van der Waals surface area contributed by atoms with Gasteiger partial charge in [0.25, 0.3) is 0 Å². The topological polar surface area (TPSA) is 25.8 Å². The van der Waals surface area contributed by atoms with Gasteiger partial charge >= 0.3 is 0 Å². The van der Waals surface area contributed by atoms with Crippen LogP contribution >= 0.6 is 22.9 Å². The summed E-state index contributed by atoms with van der Waals surface area (Å²) in [5.41, 5.74) is 0. The Balaban J connectivity index is 1.72. The lowest BCUT2D eigenvalue weighted by Crippen LogP contribution is -1.86. The highest BCUT2D eigenvalue weighted by molar-refractivity contribution is 7.11. The van der Waals surface area contributed by atoms with Crippen LogP contribution in [0.15, 0.2) is 0 Å². The maximum atomic E-state index is 5.68. The quantitative estimate of drug-likeness (QED) is 0.744. The van der Waals surface area contributed by atoms with Gasteiger partial charge in [0.05, 0.1) is 0 Å². The lowest BCUT2D eigenvalue weighted by atomic mass is 10.2. The van der Waals surface area contributed by atoms with Crippen LogP contribution in [0.3, 0.4) is 0 Å². The lowest BCUT2D eigenvalue weighted by molar-refractivity contribution is 0.674. The van der Waals surface area contributed by atoms with Crippen LogP contribution in [-0.2, 0) is 6.42 Å². The predicted molar refractivity (Wildman–Crippen MR) is 57.9 cm³/mol. The van der Waals surface area contributed by atoms with Gasteiger partial charge in [-0.2, -0.15) is 0 Å². The molecular weight excluding hydrogens is 216 g/mol. The number of aryl methyl sites for hydroxylation is 1. The van der Waals surface area contributed by atoms with Crippen LogP contribution in [0, 0.1) is 11.8 Å². The molecule has 0 bridgehead atoms. The molecule has 0 aromatic carbocycles. The number of aromatic nitrogens is 2. The van der Waals surface area contributed by atoms with E-state index in [4.69, 9.17) is 11.6 Å². The second-order valence-electron chi connectivity index (χ2n) is 4.26. The van der Waals surface area contributed by atoms with Gasteiger partial charge in [-0.1, -0.05) is 6.42 Å². The molecule has 14 heavy (non-hydrogen) atoms. The third kappa shape index (κ3) is 1.38. The average Bonchev–Trinajstić information content (AvgIpc) is 2.63. The summed E-state index contributed by atoms with van der Waals surface area (Å²) in [6.07, 6.45) is 5.14. The summed E-state index contributed by atoms with van der Waals surface area (Å²) in [5.74, 6) is 3.33. The van der Waals surface area contributed by atoms with Crippen LogP contribution in [-0.4, -0.2) is 16.1 Å². The number of nitrogens with zero attached hydrogens (tertiary/aromatic N) is 2. The molecule has 2 fully saturated rings. The van der Waals surface area contributed by atoms with Crippen molar-refractivity contribution in [3.63, 3.8) is 0 Å². The first-order chi connectivity index (χ1) is 6.90. The van der Waals surface area contributed by atoms with Crippen molar-refractivity contribution >= 4 is 22.9 Å². The molecule has 0 N–H and O–H groups in total. The number of alkyl halides is 1. The fourth-order valence-corrected chi connectivity index (χ4v) is 4.16. The second-order valence-corrected chi connectivity index (χ2v) is 5.73. The maximum absolute atomic E-state index is 5.68. The molecule has 2 unspecified atom stereocenters. The Morgan fingerprint density at radius 3 is 2.79 bits per heavy atom. The van der Waals surface area contributed by atoms with Crippen molar-refractivity contribution in [1.82, 2.24) is 10.2 Å². The number of rotatable bonds is 3. The predicted octanol–water partition coefficient (Wildman–Crippen LogP) is 2.83. The summed E-state index contributed by atoms with van der Waals surface area (Å²) < 4.78 is 0. The highest BCUT2D eigenvalue weighted by atomic mass is 35.5. The zero-order valence-corrected chi connectivity index (χ0v) is 9.52. The van der Waals surface area contributed by atoms with Gasteiger partial charge in [0, 0.05) is 18.2 Å². The smallest absolute Gasteiger partial charge is 0.121 e. The Morgan fingerprint density at radius 1 is 1.29 bits per heavy atom. The van der Waals surface area contributed by atoms with Crippen LogP contribution in [0.4, 0.5) is 0 Å². The molecule has 2 nitrogen and oxygen atoms in total. The van der Waals surface area contributed by atoms with Gasteiger partial charge in [0.2, 0.25) is 0 Å². The van der Waals surface area contributed by atoms with Gasteiger partial charge in [-0.05, 0) is 24.7 Å². The van der Waals surface area contributed by atoms with E-state index in [1.807, 2.05) is 0 Å². The molecule has 1 aromatic heterocycles. The second kappa shape index (κ2) is 3.46.